The smallest absolute Gasteiger partial charge is 0.292 e. The van der Waals surface area contributed by atoms with Crippen molar-refractivity contribution in [1.29, 1.82) is 0 Å². The zero-order valence-corrected chi connectivity index (χ0v) is 12.9. The summed E-state index contributed by atoms with van der Waals surface area (Å²) in [7, 11) is 0. The average Bonchev–Trinajstić information content (AvgIpc) is 3.01. The molecule has 1 atom stereocenters. The highest BCUT2D eigenvalue weighted by molar-refractivity contribution is 6.42. The maximum atomic E-state index is 12.9. The fraction of sp³-hybridized carbons (Fsp3) is 0.312. The molecule has 2 N–H and O–H groups in total. The Morgan fingerprint density at radius 1 is 1.35 bits per heavy atom. The molecule has 7 heteroatoms. The number of hydrogen-bond acceptors (Lipinski definition) is 4. The third-order valence-corrected chi connectivity index (χ3v) is 3.48. The van der Waals surface area contributed by atoms with E-state index in [1.807, 2.05) is 6.92 Å². The van der Waals surface area contributed by atoms with Crippen molar-refractivity contribution >= 4 is 11.7 Å². The fourth-order valence-electron chi connectivity index (χ4n) is 2.03. The van der Waals surface area contributed by atoms with Gasteiger partial charge in [-0.3, -0.25) is 14.3 Å². The molecule has 23 heavy (non-hydrogen) atoms. The number of aliphatic hydroxyl groups is 1. The number of carbonyl (C=O) groups excluding carboxylic acids is 2. The van der Waals surface area contributed by atoms with Crippen LogP contribution in [0.1, 0.15) is 29.8 Å². The molecule has 2 aromatic rings. The number of Topliss-reactive ketones (excluding diaryl/α,β-unsaturated/α-hetero) is 1. The summed E-state index contributed by atoms with van der Waals surface area (Å²) in [6, 6.07) is 5.29. The SMILES string of the molecule is CCn1cc(C(=O)C(=O)NCC(C)(O)c2ccc(F)cc2)cn1. The molecule has 0 aliphatic heterocycles. The van der Waals surface area contributed by atoms with Crippen molar-refractivity contribution in [3.8, 4) is 0 Å². The number of halogens is 1. The molecule has 0 bridgehead atoms. The van der Waals surface area contributed by atoms with Gasteiger partial charge >= 0.3 is 0 Å². The molecule has 1 aromatic heterocycles. The minimum atomic E-state index is -1.42. The van der Waals surface area contributed by atoms with E-state index in [2.05, 4.69) is 10.4 Å². The Labute approximate surface area is 132 Å². The van der Waals surface area contributed by atoms with Gasteiger partial charge in [-0.1, -0.05) is 12.1 Å². The van der Waals surface area contributed by atoms with Crippen LogP contribution in [-0.2, 0) is 16.9 Å². The Hall–Kier alpha value is -2.54. The van der Waals surface area contributed by atoms with Gasteiger partial charge in [0.15, 0.2) is 0 Å². The van der Waals surface area contributed by atoms with Crippen LogP contribution in [0.2, 0.25) is 0 Å². The van der Waals surface area contributed by atoms with E-state index in [1.54, 1.807) is 0 Å². The fourth-order valence-corrected chi connectivity index (χ4v) is 2.03. The van der Waals surface area contributed by atoms with Gasteiger partial charge in [-0.2, -0.15) is 5.10 Å². The van der Waals surface area contributed by atoms with Crippen molar-refractivity contribution in [2.24, 2.45) is 0 Å². The molecule has 1 aromatic carbocycles. The molecule has 1 heterocycles. The maximum Gasteiger partial charge on any atom is 0.292 e. The van der Waals surface area contributed by atoms with E-state index in [1.165, 1.54) is 48.3 Å². The van der Waals surface area contributed by atoms with E-state index in [9.17, 15) is 19.1 Å². The lowest BCUT2D eigenvalue weighted by Gasteiger charge is -2.24. The summed E-state index contributed by atoms with van der Waals surface area (Å²) < 4.78 is 14.4. The van der Waals surface area contributed by atoms with E-state index >= 15 is 0 Å². The highest BCUT2D eigenvalue weighted by Crippen LogP contribution is 2.19. The monoisotopic (exact) mass is 319 g/mol. The van der Waals surface area contributed by atoms with Crippen molar-refractivity contribution in [2.45, 2.75) is 26.0 Å². The molecule has 2 rings (SSSR count). The standard InChI is InChI=1S/C16H18FN3O3/c1-3-20-9-11(8-19-20)14(21)15(22)18-10-16(2,23)12-4-6-13(17)7-5-12/h4-9,23H,3,10H2,1-2H3,(H,18,22). The molecule has 0 aliphatic rings. The maximum absolute atomic E-state index is 12.9. The number of aromatic nitrogens is 2. The van der Waals surface area contributed by atoms with Gasteiger partial charge in [0.1, 0.15) is 11.4 Å². The molecule has 122 valence electrons. The van der Waals surface area contributed by atoms with Gasteiger partial charge in [0, 0.05) is 12.7 Å². The quantitative estimate of drug-likeness (QED) is 0.620. The van der Waals surface area contributed by atoms with Gasteiger partial charge in [-0.25, -0.2) is 4.39 Å². The second-order valence-corrected chi connectivity index (χ2v) is 5.38. The highest BCUT2D eigenvalue weighted by atomic mass is 19.1. The van der Waals surface area contributed by atoms with Crippen LogP contribution in [-0.4, -0.2) is 33.1 Å². The summed E-state index contributed by atoms with van der Waals surface area (Å²) in [5, 5.41) is 16.7. The summed E-state index contributed by atoms with van der Waals surface area (Å²) in [6.45, 7) is 3.75. The predicted molar refractivity (Wildman–Crippen MR) is 81.2 cm³/mol. The first-order chi connectivity index (χ1) is 10.8. The molecule has 1 unspecified atom stereocenters. The van der Waals surface area contributed by atoms with Crippen LogP contribution < -0.4 is 5.32 Å². The molecule has 6 nitrogen and oxygen atoms in total. The molecule has 0 saturated carbocycles. The van der Waals surface area contributed by atoms with Crippen LogP contribution in [0.3, 0.4) is 0 Å². The van der Waals surface area contributed by atoms with Crippen LogP contribution in [0.25, 0.3) is 0 Å². The Bertz CT molecular complexity index is 708. The second-order valence-electron chi connectivity index (χ2n) is 5.38. The Balaban J connectivity index is 2.00. The van der Waals surface area contributed by atoms with Crippen LogP contribution in [0.4, 0.5) is 4.39 Å². The number of rotatable bonds is 6. The van der Waals surface area contributed by atoms with Crippen LogP contribution >= 0.6 is 0 Å². The van der Waals surface area contributed by atoms with Crippen molar-refractivity contribution in [1.82, 2.24) is 15.1 Å². The minimum Gasteiger partial charge on any atom is -0.384 e. The summed E-state index contributed by atoms with van der Waals surface area (Å²) in [6.07, 6.45) is 2.81. The van der Waals surface area contributed by atoms with Crippen LogP contribution in [0.15, 0.2) is 36.7 Å². The zero-order valence-electron chi connectivity index (χ0n) is 12.9. The lowest BCUT2D eigenvalue weighted by molar-refractivity contribution is -0.118. The van der Waals surface area contributed by atoms with Crippen molar-refractivity contribution in [3.05, 3.63) is 53.6 Å². The molecule has 0 fully saturated rings. The Kier molecular flexibility index (Phi) is 4.90. The van der Waals surface area contributed by atoms with Crippen LogP contribution in [0, 0.1) is 5.82 Å². The number of nitrogens with one attached hydrogen (secondary N) is 1. The van der Waals surface area contributed by atoms with Crippen molar-refractivity contribution in [2.75, 3.05) is 6.54 Å². The van der Waals surface area contributed by atoms with E-state index in [0.717, 1.165) is 0 Å². The molecular weight excluding hydrogens is 301 g/mol. The van der Waals surface area contributed by atoms with Gasteiger partial charge < -0.3 is 10.4 Å². The third-order valence-electron chi connectivity index (χ3n) is 3.48. The van der Waals surface area contributed by atoms with E-state index in [4.69, 9.17) is 0 Å². The van der Waals surface area contributed by atoms with Crippen molar-refractivity contribution < 1.29 is 19.1 Å². The highest BCUT2D eigenvalue weighted by Gasteiger charge is 2.26. The lowest BCUT2D eigenvalue weighted by Crippen LogP contribution is -2.41. The number of carbonyl (C=O) groups is 2. The van der Waals surface area contributed by atoms with Crippen molar-refractivity contribution in [3.63, 3.8) is 0 Å². The first-order valence-corrected chi connectivity index (χ1v) is 7.17. The molecule has 0 radical (unpaired) electrons. The first kappa shape index (κ1) is 16.8. The predicted octanol–water partition coefficient (Wildman–Crippen LogP) is 1.25. The topological polar surface area (TPSA) is 84.2 Å². The summed E-state index contributed by atoms with van der Waals surface area (Å²) in [5.74, 6) is -1.97. The van der Waals surface area contributed by atoms with E-state index in [0.29, 0.717) is 12.1 Å². The average molecular weight is 319 g/mol. The number of benzene rings is 1. The van der Waals surface area contributed by atoms with Gasteiger partial charge in [0.05, 0.1) is 18.3 Å². The lowest BCUT2D eigenvalue weighted by atomic mass is 9.96. The molecule has 1 amide bonds. The summed E-state index contributed by atoms with van der Waals surface area (Å²) in [4.78, 5) is 23.9. The van der Waals surface area contributed by atoms with E-state index < -0.39 is 23.1 Å². The van der Waals surface area contributed by atoms with Gasteiger partial charge in [0.2, 0.25) is 0 Å². The minimum absolute atomic E-state index is 0.175. The zero-order chi connectivity index (χ0) is 17.0. The summed E-state index contributed by atoms with van der Waals surface area (Å²) >= 11 is 0. The van der Waals surface area contributed by atoms with E-state index in [-0.39, 0.29) is 12.1 Å². The molecule has 0 saturated heterocycles. The van der Waals surface area contributed by atoms with Gasteiger partial charge in [-0.05, 0) is 31.5 Å². The largest absolute Gasteiger partial charge is 0.384 e. The second kappa shape index (κ2) is 6.70. The number of amides is 1. The number of nitrogens with zero attached hydrogens (tertiary/aromatic N) is 2. The number of hydrogen-bond donors (Lipinski definition) is 2. The Morgan fingerprint density at radius 2 is 2.00 bits per heavy atom. The summed E-state index contributed by atoms with van der Waals surface area (Å²) in [5.41, 5.74) is -0.798. The van der Waals surface area contributed by atoms with Crippen LogP contribution in [0.5, 0.6) is 0 Å². The molecular formula is C16H18FN3O3. The number of aryl methyl sites for hydroxylation is 1. The van der Waals surface area contributed by atoms with Gasteiger partial charge in [0.25, 0.3) is 11.7 Å². The number of ketones is 1. The van der Waals surface area contributed by atoms with Gasteiger partial charge in [-0.15, -0.1) is 0 Å². The first-order valence-electron chi connectivity index (χ1n) is 7.17. The normalized spacial score (nSPS) is 13.4. The Morgan fingerprint density at radius 3 is 2.57 bits per heavy atom. The molecule has 0 spiro atoms. The molecule has 0 aliphatic carbocycles. The third kappa shape index (κ3) is 4.01.